The first-order chi connectivity index (χ1) is 19.1. The van der Waals surface area contributed by atoms with Crippen LogP contribution in [0.5, 0.6) is 0 Å². The Labute approximate surface area is 250 Å². The van der Waals surface area contributed by atoms with E-state index >= 15 is 0 Å². The van der Waals surface area contributed by atoms with E-state index < -0.39 is 4.25 Å². The van der Waals surface area contributed by atoms with Gasteiger partial charge in [0.25, 0.3) is 0 Å². The van der Waals surface area contributed by atoms with Gasteiger partial charge < -0.3 is 4.74 Å². The van der Waals surface area contributed by atoms with Crippen LogP contribution in [-0.4, -0.2) is 18.7 Å². The topological polar surface area (TPSA) is 26.3 Å². The molecule has 0 aliphatic rings. The molecule has 3 aromatic rings. The van der Waals surface area contributed by atoms with Gasteiger partial charge in [-0.15, -0.1) is 0 Å². The van der Waals surface area contributed by atoms with Crippen molar-refractivity contribution in [3.63, 3.8) is 0 Å². The molecular weight excluding hydrogens is 610 g/mol. The summed E-state index contributed by atoms with van der Waals surface area (Å²) in [5, 5.41) is 4.46. The molecule has 0 saturated heterocycles. The molecule has 0 heterocycles. The van der Waals surface area contributed by atoms with E-state index in [1.165, 1.54) is 86.3 Å². The van der Waals surface area contributed by atoms with Crippen LogP contribution in [0.2, 0.25) is 0 Å². The van der Waals surface area contributed by atoms with Crippen LogP contribution < -0.4 is 15.9 Å². The molecule has 3 aromatic carbocycles. The third-order valence-electron chi connectivity index (χ3n) is 7.90. The molecule has 39 heavy (non-hydrogen) atoms. The van der Waals surface area contributed by atoms with E-state index in [4.69, 9.17) is 4.74 Å². The zero-order chi connectivity index (χ0) is 27.7. The van der Waals surface area contributed by atoms with Crippen LogP contribution in [0.25, 0.3) is 0 Å². The minimum absolute atomic E-state index is 0.0424. The predicted octanol–water partition coefficient (Wildman–Crippen LogP) is 9.50. The van der Waals surface area contributed by atoms with Gasteiger partial charge in [0.2, 0.25) is 0 Å². The van der Waals surface area contributed by atoms with Crippen molar-refractivity contribution in [2.24, 2.45) is 0 Å². The van der Waals surface area contributed by atoms with E-state index in [-0.39, 0.29) is 5.97 Å². The van der Waals surface area contributed by atoms with Crippen molar-refractivity contribution in [2.45, 2.75) is 90.4 Å². The molecule has 0 amide bonds. The fourth-order valence-corrected chi connectivity index (χ4v) is 14.5. The molecule has 212 valence electrons. The van der Waals surface area contributed by atoms with Gasteiger partial charge in [0.05, 0.1) is 6.61 Å². The summed E-state index contributed by atoms with van der Waals surface area (Å²) in [5.74, 6) is -0.0424. The van der Waals surface area contributed by atoms with Crippen molar-refractivity contribution >= 4 is 48.2 Å². The van der Waals surface area contributed by atoms with E-state index in [2.05, 4.69) is 113 Å². The average molecular weight is 659 g/mol. The third kappa shape index (κ3) is 9.15. The maximum atomic E-state index is 11.4. The van der Waals surface area contributed by atoms with E-state index in [9.17, 15) is 4.79 Å². The summed E-state index contributed by atoms with van der Waals surface area (Å²) in [7, 11) is 0. The second-order valence-corrected chi connectivity index (χ2v) is 21.5. The first kappa shape index (κ1) is 31.8. The molecule has 0 unspecified atom stereocenters. The molecule has 0 atom stereocenters. The van der Waals surface area contributed by atoms with Crippen molar-refractivity contribution in [3.8, 4) is 0 Å². The van der Waals surface area contributed by atoms with Crippen molar-refractivity contribution in [1.29, 1.82) is 0 Å². The fraction of sp³-hybridized carbons (Fsp3) is 0.457. The summed E-state index contributed by atoms with van der Waals surface area (Å²) in [6.45, 7) is 2.36. The molecule has 0 bridgehead atoms. The van der Waals surface area contributed by atoms with Gasteiger partial charge in [-0.05, 0) is 13.3 Å². The van der Waals surface area contributed by atoms with Crippen LogP contribution in [0, 0.1) is 0 Å². The molecule has 0 aromatic heterocycles. The molecule has 2 nitrogen and oxygen atoms in total. The van der Waals surface area contributed by atoms with E-state index in [0.29, 0.717) is 13.0 Å². The van der Waals surface area contributed by atoms with Gasteiger partial charge >= 0.3 is 216 Å². The zero-order valence-corrected chi connectivity index (χ0v) is 27.0. The van der Waals surface area contributed by atoms with Gasteiger partial charge in [-0.3, -0.25) is 4.79 Å². The first-order valence-corrected chi connectivity index (χ1v) is 20.4. The Balaban J connectivity index is 1.45. The molecule has 0 radical (unpaired) electrons. The third-order valence-corrected chi connectivity index (χ3v) is 19.6. The number of halogens is 1. The Kier molecular flexibility index (Phi) is 14.0. The summed E-state index contributed by atoms with van der Waals surface area (Å²) in [6.07, 6.45) is 17.1. The Hall–Kier alpha value is -1.71. The average Bonchev–Trinajstić information content (AvgIpc) is 2.99. The standard InChI is InChI=1S/C35H48IO2P/c1-2-38-35(37)30-22-11-9-7-5-3-4-6-8-10-12-23-31-39(36,32-24-16-13-17-25-32,33-26-18-14-19-27-33)34-28-20-15-21-29-34/h13-21,24-29H,2-12,22-23,30-31H2,1H3. The number of unbranched alkanes of at least 4 members (excludes halogenated alkanes) is 11. The number of carbonyl (C=O) groups is 1. The number of hydrogen-bond donors (Lipinski definition) is 0. The van der Waals surface area contributed by atoms with Gasteiger partial charge in [-0.25, -0.2) is 0 Å². The van der Waals surface area contributed by atoms with Crippen molar-refractivity contribution in [1.82, 2.24) is 0 Å². The van der Waals surface area contributed by atoms with Crippen LogP contribution in [0.1, 0.15) is 90.4 Å². The Morgan fingerprint density at radius 3 is 1.26 bits per heavy atom. The number of hydrogen-bond acceptors (Lipinski definition) is 2. The summed E-state index contributed by atoms with van der Waals surface area (Å²) >= 11 is 2.92. The van der Waals surface area contributed by atoms with Crippen molar-refractivity contribution in [3.05, 3.63) is 91.0 Å². The number of ether oxygens (including phenoxy) is 1. The van der Waals surface area contributed by atoms with Crippen LogP contribution in [0.15, 0.2) is 91.0 Å². The molecule has 0 fully saturated rings. The quantitative estimate of drug-likeness (QED) is 0.0555. The molecular formula is C35H48IO2P. The Bertz CT molecular complexity index is 972. The van der Waals surface area contributed by atoms with E-state index in [0.717, 1.165) is 12.8 Å². The van der Waals surface area contributed by atoms with Crippen LogP contribution >= 0.6 is 26.3 Å². The SMILES string of the molecule is CCOC(=O)CCCCCCCCCCCCCCP(I)(c1ccccc1)(c1ccccc1)c1ccccc1. The maximum absolute atomic E-state index is 11.4. The van der Waals surface area contributed by atoms with Crippen LogP contribution in [0.4, 0.5) is 0 Å². The molecule has 0 spiro atoms. The van der Waals surface area contributed by atoms with E-state index in [1.807, 2.05) is 6.92 Å². The molecule has 0 aliphatic heterocycles. The second kappa shape index (κ2) is 17.2. The number of benzene rings is 3. The van der Waals surface area contributed by atoms with Crippen LogP contribution in [0.3, 0.4) is 0 Å². The Morgan fingerprint density at radius 2 is 0.897 bits per heavy atom. The Morgan fingerprint density at radius 1 is 0.564 bits per heavy atom. The van der Waals surface area contributed by atoms with Crippen LogP contribution in [-0.2, 0) is 9.53 Å². The second-order valence-electron chi connectivity index (χ2n) is 10.7. The summed E-state index contributed by atoms with van der Waals surface area (Å²) in [5.41, 5.74) is 0. The van der Waals surface area contributed by atoms with Gasteiger partial charge in [0.1, 0.15) is 0 Å². The summed E-state index contributed by atoms with van der Waals surface area (Å²) in [4.78, 5) is 11.4. The zero-order valence-electron chi connectivity index (χ0n) is 23.9. The van der Waals surface area contributed by atoms with Gasteiger partial charge in [-0.1, -0.05) is 0 Å². The van der Waals surface area contributed by atoms with Gasteiger partial charge in [0.15, 0.2) is 0 Å². The van der Waals surface area contributed by atoms with Crippen molar-refractivity contribution < 1.29 is 9.53 Å². The summed E-state index contributed by atoms with van der Waals surface area (Å²) < 4.78 is 2.39. The minimum atomic E-state index is -2.60. The number of rotatable bonds is 19. The van der Waals surface area contributed by atoms with Gasteiger partial charge in [0, 0.05) is 6.42 Å². The predicted molar refractivity (Wildman–Crippen MR) is 181 cm³/mol. The summed E-state index contributed by atoms with van der Waals surface area (Å²) in [6, 6.07) is 33.9. The van der Waals surface area contributed by atoms with Gasteiger partial charge in [-0.2, -0.15) is 0 Å². The monoisotopic (exact) mass is 658 g/mol. The molecule has 4 heteroatoms. The molecule has 0 N–H and O–H groups in total. The number of esters is 1. The fourth-order valence-electron chi connectivity index (χ4n) is 5.73. The van der Waals surface area contributed by atoms with Crippen molar-refractivity contribution in [2.75, 3.05) is 12.8 Å². The van der Waals surface area contributed by atoms with E-state index in [1.54, 1.807) is 0 Å². The molecule has 0 saturated carbocycles. The number of carbonyl (C=O) groups excluding carboxylic acids is 1. The normalized spacial score (nSPS) is 12.5. The molecule has 3 rings (SSSR count). The first-order valence-electron chi connectivity index (χ1n) is 15.1. The molecule has 0 aliphatic carbocycles.